The molecule has 0 atom stereocenters. The number of hydrogen-bond acceptors (Lipinski definition) is 6. The van der Waals surface area contributed by atoms with Crippen LogP contribution in [-0.2, 0) is 0 Å². The zero-order chi connectivity index (χ0) is 22.9. The van der Waals surface area contributed by atoms with Crippen molar-refractivity contribution >= 4 is 40.0 Å². The number of ether oxygens (including phenoxy) is 1. The molecule has 32 heavy (non-hydrogen) atoms. The molecule has 0 aliphatic carbocycles. The smallest absolute Gasteiger partial charge is 0.405 e. The summed E-state index contributed by atoms with van der Waals surface area (Å²) in [6, 6.07) is 7.88. The zero-order valence-electron chi connectivity index (χ0n) is 16.3. The highest BCUT2D eigenvalue weighted by Crippen LogP contribution is 2.32. The molecule has 166 valence electrons. The summed E-state index contributed by atoms with van der Waals surface area (Å²) in [4.78, 5) is 16.4. The van der Waals surface area contributed by atoms with Gasteiger partial charge in [-0.2, -0.15) is 23.3 Å². The lowest BCUT2D eigenvalue weighted by molar-refractivity contribution is -0.123. The Labute approximate surface area is 183 Å². The van der Waals surface area contributed by atoms with Crippen LogP contribution in [0.2, 0.25) is 5.02 Å². The zero-order valence-corrected chi connectivity index (χ0v) is 17.1. The number of carbonyl (C=O) groups is 1. The van der Waals surface area contributed by atoms with Gasteiger partial charge in [-0.05, 0) is 24.3 Å². The molecule has 13 heteroatoms. The fourth-order valence-electron chi connectivity index (χ4n) is 2.95. The van der Waals surface area contributed by atoms with Crippen LogP contribution >= 0.6 is 11.6 Å². The molecule has 0 saturated carbocycles. The van der Waals surface area contributed by atoms with E-state index >= 15 is 0 Å². The van der Waals surface area contributed by atoms with E-state index in [1.165, 1.54) is 25.3 Å². The molecule has 2 heterocycles. The number of alkyl halides is 3. The maximum atomic E-state index is 12.4. The molecule has 9 nitrogen and oxygen atoms in total. The van der Waals surface area contributed by atoms with Crippen molar-refractivity contribution in [3.8, 4) is 17.1 Å². The van der Waals surface area contributed by atoms with Crippen molar-refractivity contribution in [1.29, 1.82) is 0 Å². The van der Waals surface area contributed by atoms with E-state index in [4.69, 9.17) is 16.3 Å². The second kappa shape index (κ2) is 8.38. The van der Waals surface area contributed by atoms with Crippen molar-refractivity contribution < 1.29 is 22.7 Å². The van der Waals surface area contributed by atoms with E-state index in [1.807, 2.05) is 5.32 Å². The Morgan fingerprint density at radius 1 is 1.22 bits per heavy atom. The van der Waals surface area contributed by atoms with Gasteiger partial charge in [0.25, 0.3) is 5.91 Å². The van der Waals surface area contributed by atoms with Gasteiger partial charge < -0.3 is 15.4 Å². The molecular formula is C19H15ClF3N7O2. The first kappa shape index (κ1) is 21.4. The van der Waals surface area contributed by atoms with Crippen LogP contribution < -0.4 is 15.4 Å². The number of rotatable bonds is 6. The number of nitrogens with zero attached hydrogens (tertiary/aromatic N) is 3. The van der Waals surface area contributed by atoms with E-state index in [1.54, 1.807) is 18.3 Å². The van der Waals surface area contributed by atoms with Gasteiger partial charge in [0.1, 0.15) is 12.3 Å². The monoisotopic (exact) mass is 465 g/mol. The number of aromatic nitrogens is 5. The highest BCUT2D eigenvalue weighted by molar-refractivity contribution is 6.38. The minimum Gasteiger partial charge on any atom is -0.496 e. The number of anilines is 2. The molecule has 0 unspecified atom stereocenters. The van der Waals surface area contributed by atoms with Crippen LogP contribution in [-0.4, -0.2) is 51.1 Å². The average Bonchev–Trinajstić information content (AvgIpc) is 3.43. The molecule has 0 saturated heterocycles. The number of halogens is 4. The van der Waals surface area contributed by atoms with E-state index in [-0.39, 0.29) is 17.3 Å². The quantitative estimate of drug-likeness (QED) is 0.341. The Balaban J connectivity index is 1.54. The third-order valence-corrected chi connectivity index (χ3v) is 4.87. The number of aromatic amines is 2. The van der Waals surface area contributed by atoms with Gasteiger partial charge in [-0.1, -0.05) is 17.7 Å². The average molecular weight is 466 g/mol. The lowest BCUT2D eigenvalue weighted by Crippen LogP contribution is -2.33. The molecule has 0 radical (unpaired) electrons. The Morgan fingerprint density at radius 2 is 2.03 bits per heavy atom. The van der Waals surface area contributed by atoms with Crippen LogP contribution in [0.25, 0.3) is 22.3 Å². The largest absolute Gasteiger partial charge is 0.496 e. The highest BCUT2D eigenvalue weighted by Gasteiger charge is 2.28. The van der Waals surface area contributed by atoms with E-state index in [0.717, 1.165) is 10.9 Å². The predicted molar refractivity (Wildman–Crippen MR) is 111 cm³/mol. The number of nitrogens with one attached hydrogen (secondary N) is 4. The molecule has 4 rings (SSSR count). The van der Waals surface area contributed by atoms with Crippen molar-refractivity contribution in [3.63, 3.8) is 0 Å². The normalized spacial score (nSPS) is 11.5. The van der Waals surface area contributed by atoms with Gasteiger partial charge in [0.2, 0.25) is 5.95 Å². The summed E-state index contributed by atoms with van der Waals surface area (Å²) in [7, 11) is 1.31. The van der Waals surface area contributed by atoms with Crippen molar-refractivity contribution in [2.75, 3.05) is 19.0 Å². The van der Waals surface area contributed by atoms with Crippen molar-refractivity contribution in [3.05, 3.63) is 47.1 Å². The predicted octanol–water partition coefficient (Wildman–Crippen LogP) is 4.05. The topological polar surface area (TPSA) is 121 Å². The van der Waals surface area contributed by atoms with E-state index in [0.29, 0.717) is 22.1 Å². The number of H-pyrrole nitrogens is 2. The number of carbonyl (C=O) groups excluding carboxylic acids is 1. The molecule has 2 aromatic carbocycles. The van der Waals surface area contributed by atoms with Gasteiger partial charge in [-0.15, -0.1) is 5.10 Å². The first-order chi connectivity index (χ1) is 15.2. The standard InChI is InChI=1S/C19H15ClF3N7O2/c1-32-14-6-9(2-3-10(14)17(31)24-8-19(21,22)23)16-27-18(30-29-16)26-13-5-4-12-11(15(13)20)7-25-28-12/h2-7H,8H2,1H3,(H,24,31)(H,25,28)(H2,26,27,29,30). The molecular weight excluding hydrogens is 451 g/mol. The van der Waals surface area contributed by atoms with Crippen molar-refractivity contribution in [2.24, 2.45) is 0 Å². The number of amides is 1. The summed E-state index contributed by atoms with van der Waals surface area (Å²) in [6.07, 6.45) is -2.91. The molecule has 4 aromatic rings. The molecule has 0 bridgehead atoms. The third kappa shape index (κ3) is 4.44. The SMILES string of the molecule is COc1cc(-c2nc(Nc3ccc4[nH]ncc4c3Cl)n[nH]2)ccc1C(=O)NCC(F)(F)F. The van der Waals surface area contributed by atoms with Gasteiger partial charge in [-0.3, -0.25) is 15.0 Å². The van der Waals surface area contributed by atoms with Crippen LogP contribution in [0.1, 0.15) is 10.4 Å². The fourth-order valence-corrected chi connectivity index (χ4v) is 3.21. The van der Waals surface area contributed by atoms with Crippen LogP contribution in [0.3, 0.4) is 0 Å². The van der Waals surface area contributed by atoms with Crippen molar-refractivity contribution in [1.82, 2.24) is 30.7 Å². The Bertz CT molecular complexity index is 1290. The second-order valence-electron chi connectivity index (χ2n) is 6.60. The van der Waals surface area contributed by atoms with E-state index < -0.39 is 18.6 Å². The first-order valence-electron chi connectivity index (χ1n) is 9.09. The molecule has 0 aliphatic heterocycles. The van der Waals surface area contributed by atoms with Gasteiger partial charge >= 0.3 is 6.18 Å². The molecule has 2 aromatic heterocycles. The minimum absolute atomic E-state index is 0.0430. The van der Waals surface area contributed by atoms with Crippen LogP contribution in [0.15, 0.2) is 36.5 Å². The van der Waals surface area contributed by atoms with Crippen LogP contribution in [0.4, 0.5) is 24.8 Å². The molecule has 0 aliphatic rings. The Hall–Kier alpha value is -3.80. The number of benzene rings is 2. The molecule has 0 fully saturated rings. The van der Waals surface area contributed by atoms with Crippen LogP contribution in [0, 0.1) is 0 Å². The van der Waals surface area contributed by atoms with E-state index in [2.05, 4.69) is 30.7 Å². The third-order valence-electron chi connectivity index (χ3n) is 4.46. The van der Waals surface area contributed by atoms with Crippen LogP contribution in [0.5, 0.6) is 5.75 Å². The summed E-state index contributed by atoms with van der Waals surface area (Å²) < 4.78 is 42.2. The van der Waals surface area contributed by atoms with Gasteiger partial charge in [0.15, 0.2) is 5.82 Å². The molecule has 0 spiro atoms. The fraction of sp³-hybridized carbons (Fsp3) is 0.158. The maximum absolute atomic E-state index is 12.4. The number of methoxy groups -OCH3 is 1. The summed E-state index contributed by atoms with van der Waals surface area (Å²) in [5.74, 6) is -0.249. The van der Waals surface area contributed by atoms with Crippen molar-refractivity contribution in [2.45, 2.75) is 6.18 Å². The van der Waals surface area contributed by atoms with E-state index in [9.17, 15) is 18.0 Å². The number of hydrogen-bond donors (Lipinski definition) is 4. The van der Waals surface area contributed by atoms with Gasteiger partial charge in [-0.25, -0.2) is 0 Å². The highest BCUT2D eigenvalue weighted by atomic mass is 35.5. The van der Waals surface area contributed by atoms with Gasteiger partial charge in [0, 0.05) is 10.9 Å². The lowest BCUT2D eigenvalue weighted by atomic mass is 10.1. The van der Waals surface area contributed by atoms with Gasteiger partial charge in [0.05, 0.1) is 35.1 Å². The summed E-state index contributed by atoms with van der Waals surface area (Å²) >= 11 is 6.38. The number of fused-ring (bicyclic) bond motifs is 1. The second-order valence-corrected chi connectivity index (χ2v) is 6.98. The summed E-state index contributed by atoms with van der Waals surface area (Å²) in [6.45, 7) is -1.44. The minimum atomic E-state index is -4.52. The summed E-state index contributed by atoms with van der Waals surface area (Å²) in [5.41, 5.74) is 1.81. The Kier molecular flexibility index (Phi) is 5.61. The first-order valence-corrected chi connectivity index (χ1v) is 9.47. The molecule has 4 N–H and O–H groups in total. The molecule has 1 amide bonds. The maximum Gasteiger partial charge on any atom is 0.405 e. The Morgan fingerprint density at radius 3 is 2.78 bits per heavy atom. The lowest BCUT2D eigenvalue weighted by Gasteiger charge is -2.11. The summed E-state index contributed by atoms with van der Waals surface area (Å²) in [5, 5.41) is 19.6.